The average molecular weight is 302 g/mol. The lowest BCUT2D eigenvalue weighted by Gasteiger charge is -2.06. The summed E-state index contributed by atoms with van der Waals surface area (Å²) >= 11 is 0. The quantitative estimate of drug-likeness (QED) is 0.364. The minimum Gasteiger partial charge on any atom is -0.466 e. The van der Waals surface area contributed by atoms with Crippen LogP contribution in [0.25, 0.3) is 0 Å². The topological polar surface area (TPSA) is 61.8 Å². The molecule has 0 aliphatic carbocycles. The maximum Gasteiger partial charge on any atom is 0.305 e. The third-order valence-corrected chi connectivity index (χ3v) is 2.97. The molecule has 0 bridgehead atoms. The monoisotopic (exact) mass is 302 g/mol. The van der Waals surface area contributed by atoms with Crippen LogP contribution >= 0.6 is 0 Å². The first-order chi connectivity index (χ1) is 10.2. The molecule has 0 saturated heterocycles. The van der Waals surface area contributed by atoms with Crippen LogP contribution in [0.1, 0.15) is 65.2 Å². The molecule has 124 valence electrons. The van der Waals surface area contributed by atoms with Crippen LogP contribution in [0, 0.1) is 0 Å². The number of hydrogen-bond acceptors (Lipinski definition) is 5. The molecule has 0 heterocycles. The predicted octanol–water partition coefficient (Wildman–Crippen LogP) is 3.25. The van der Waals surface area contributed by atoms with E-state index in [9.17, 15) is 9.59 Å². The van der Waals surface area contributed by atoms with Crippen molar-refractivity contribution < 1.29 is 23.8 Å². The van der Waals surface area contributed by atoms with Gasteiger partial charge in [0.15, 0.2) is 0 Å². The Morgan fingerprint density at radius 3 is 1.95 bits per heavy atom. The van der Waals surface area contributed by atoms with Crippen LogP contribution in [0.3, 0.4) is 0 Å². The average Bonchev–Trinajstić information content (AvgIpc) is 2.47. The Labute approximate surface area is 128 Å². The van der Waals surface area contributed by atoms with Crippen molar-refractivity contribution >= 4 is 11.9 Å². The maximum absolute atomic E-state index is 11.4. The molecule has 0 aliphatic heterocycles. The summed E-state index contributed by atoms with van der Waals surface area (Å²) < 4.78 is 15.1. The van der Waals surface area contributed by atoms with E-state index >= 15 is 0 Å². The zero-order valence-corrected chi connectivity index (χ0v) is 13.5. The van der Waals surface area contributed by atoms with Crippen LogP contribution in [0.5, 0.6) is 0 Å². The smallest absolute Gasteiger partial charge is 0.305 e. The van der Waals surface area contributed by atoms with Gasteiger partial charge in [0.25, 0.3) is 0 Å². The minimum atomic E-state index is -0.290. The second-order valence-electron chi connectivity index (χ2n) is 4.91. The maximum atomic E-state index is 11.4. The molecule has 0 aliphatic rings. The first-order valence-corrected chi connectivity index (χ1v) is 8.09. The van der Waals surface area contributed by atoms with Gasteiger partial charge >= 0.3 is 11.9 Å². The van der Waals surface area contributed by atoms with E-state index in [2.05, 4.69) is 6.92 Å². The second-order valence-corrected chi connectivity index (χ2v) is 4.91. The van der Waals surface area contributed by atoms with Gasteiger partial charge < -0.3 is 14.2 Å². The summed E-state index contributed by atoms with van der Waals surface area (Å²) in [6.07, 6.45) is 6.66. The third kappa shape index (κ3) is 15.1. The molecule has 0 fully saturated rings. The Kier molecular flexibility index (Phi) is 14.5. The number of rotatable bonds is 14. The van der Waals surface area contributed by atoms with E-state index in [1.165, 1.54) is 19.3 Å². The van der Waals surface area contributed by atoms with Crippen molar-refractivity contribution in [2.24, 2.45) is 0 Å². The van der Waals surface area contributed by atoms with E-state index in [1.54, 1.807) is 0 Å². The highest BCUT2D eigenvalue weighted by Gasteiger charge is 2.07. The molecule has 0 aromatic rings. The lowest BCUT2D eigenvalue weighted by atomic mass is 10.2. The summed E-state index contributed by atoms with van der Waals surface area (Å²) in [5.74, 6) is -0.519. The zero-order chi connectivity index (χ0) is 15.8. The van der Waals surface area contributed by atoms with Gasteiger partial charge in [-0.2, -0.15) is 0 Å². The molecule has 0 spiro atoms. The van der Waals surface area contributed by atoms with Crippen molar-refractivity contribution in [1.29, 1.82) is 0 Å². The van der Waals surface area contributed by atoms with Gasteiger partial charge in [-0.3, -0.25) is 9.59 Å². The molecule has 5 nitrogen and oxygen atoms in total. The Bertz CT molecular complexity index is 265. The Morgan fingerprint density at radius 2 is 1.33 bits per heavy atom. The third-order valence-electron chi connectivity index (χ3n) is 2.97. The van der Waals surface area contributed by atoms with Gasteiger partial charge in [-0.05, 0) is 19.8 Å². The van der Waals surface area contributed by atoms with Crippen LogP contribution < -0.4 is 0 Å². The number of unbranched alkanes of at least 4 members (excludes halogenated alkanes) is 4. The van der Waals surface area contributed by atoms with E-state index in [4.69, 9.17) is 14.2 Å². The van der Waals surface area contributed by atoms with Crippen LogP contribution in [0.15, 0.2) is 0 Å². The number of ether oxygens (including phenoxy) is 3. The van der Waals surface area contributed by atoms with Crippen LogP contribution in [0.4, 0.5) is 0 Å². The predicted molar refractivity (Wildman–Crippen MR) is 81.0 cm³/mol. The fraction of sp³-hybridized carbons (Fsp3) is 0.875. The number of hydrogen-bond donors (Lipinski definition) is 0. The number of carbonyl (C=O) groups excluding carboxylic acids is 2. The lowest BCUT2D eigenvalue weighted by molar-refractivity contribution is -0.146. The highest BCUT2D eigenvalue weighted by Crippen LogP contribution is 2.04. The van der Waals surface area contributed by atoms with Crippen molar-refractivity contribution in [3.05, 3.63) is 0 Å². The highest BCUT2D eigenvalue weighted by atomic mass is 16.6. The van der Waals surface area contributed by atoms with Gasteiger partial charge in [0, 0.05) is 19.4 Å². The summed E-state index contributed by atoms with van der Waals surface area (Å²) in [4.78, 5) is 22.7. The summed E-state index contributed by atoms with van der Waals surface area (Å²) in [7, 11) is 0. The van der Waals surface area contributed by atoms with Crippen LogP contribution in [0.2, 0.25) is 0 Å². The normalized spacial score (nSPS) is 10.4. The Balaban J connectivity index is 3.34. The van der Waals surface area contributed by atoms with Crippen molar-refractivity contribution in [3.8, 4) is 0 Å². The standard InChI is InChI=1S/C16H30O5/c1-3-5-6-7-8-12-20-15(17)10-9-11-16(18)21-14-13-19-4-2/h3-14H2,1-2H3. The molecule has 0 saturated carbocycles. The van der Waals surface area contributed by atoms with Crippen molar-refractivity contribution in [3.63, 3.8) is 0 Å². The SMILES string of the molecule is CCCCCCCOC(=O)CCCC(=O)OCCOCC. The molecule has 5 heteroatoms. The molecular formula is C16H30O5. The van der Waals surface area contributed by atoms with Gasteiger partial charge in [-0.1, -0.05) is 32.6 Å². The first kappa shape index (κ1) is 19.9. The summed E-state index contributed by atoms with van der Waals surface area (Å²) in [6, 6.07) is 0. The van der Waals surface area contributed by atoms with Crippen molar-refractivity contribution in [1.82, 2.24) is 0 Å². The Morgan fingerprint density at radius 1 is 0.714 bits per heavy atom. The first-order valence-electron chi connectivity index (χ1n) is 8.09. The summed E-state index contributed by atoms with van der Waals surface area (Å²) in [5.41, 5.74) is 0. The van der Waals surface area contributed by atoms with Crippen LogP contribution in [-0.4, -0.2) is 38.4 Å². The van der Waals surface area contributed by atoms with Crippen molar-refractivity contribution in [2.45, 2.75) is 65.2 Å². The van der Waals surface area contributed by atoms with Gasteiger partial charge in [0.2, 0.25) is 0 Å². The Hall–Kier alpha value is -1.10. The van der Waals surface area contributed by atoms with E-state index in [1.807, 2.05) is 6.92 Å². The second kappa shape index (κ2) is 15.3. The highest BCUT2D eigenvalue weighted by molar-refractivity contribution is 5.72. The molecule has 0 radical (unpaired) electrons. The summed E-state index contributed by atoms with van der Waals surface area (Å²) in [5, 5.41) is 0. The molecule has 0 atom stereocenters. The van der Waals surface area contributed by atoms with E-state index in [-0.39, 0.29) is 31.4 Å². The molecule has 0 unspecified atom stereocenters. The molecular weight excluding hydrogens is 272 g/mol. The fourth-order valence-corrected chi connectivity index (χ4v) is 1.77. The van der Waals surface area contributed by atoms with Crippen molar-refractivity contribution in [2.75, 3.05) is 26.4 Å². The van der Waals surface area contributed by atoms with Gasteiger partial charge in [0.1, 0.15) is 6.61 Å². The van der Waals surface area contributed by atoms with E-state index in [0.717, 1.165) is 12.8 Å². The molecule has 21 heavy (non-hydrogen) atoms. The fourth-order valence-electron chi connectivity index (χ4n) is 1.77. The molecule has 0 aromatic heterocycles. The van der Waals surface area contributed by atoms with Gasteiger partial charge in [0.05, 0.1) is 13.2 Å². The largest absolute Gasteiger partial charge is 0.466 e. The molecule has 0 amide bonds. The molecule has 0 rings (SSSR count). The van der Waals surface area contributed by atoms with E-state index in [0.29, 0.717) is 26.2 Å². The zero-order valence-electron chi connectivity index (χ0n) is 13.5. The lowest BCUT2D eigenvalue weighted by Crippen LogP contribution is -2.11. The molecule has 0 aromatic carbocycles. The molecule has 0 N–H and O–H groups in total. The van der Waals surface area contributed by atoms with Gasteiger partial charge in [-0.15, -0.1) is 0 Å². The van der Waals surface area contributed by atoms with Crippen LogP contribution in [-0.2, 0) is 23.8 Å². The number of carbonyl (C=O) groups is 2. The number of esters is 2. The van der Waals surface area contributed by atoms with Gasteiger partial charge in [-0.25, -0.2) is 0 Å². The minimum absolute atomic E-state index is 0.229. The summed E-state index contributed by atoms with van der Waals surface area (Å²) in [6.45, 7) is 5.85. The van der Waals surface area contributed by atoms with E-state index < -0.39 is 0 Å².